The molecule has 1 heterocycles. The van der Waals surface area contributed by atoms with Crippen molar-refractivity contribution in [2.45, 2.75) is 5.16 Å². The lowest BCUT2D eigenvalue weighted by Gasteiger charge is -2.10. The number of carbonyl (C=O) groups is 1. The van der Waals surface area contributed by atoms with Crippen LogP contribution in [0.25, 0.3) is 11.4 Å². The molecule has 0 unspecified atom stereocenters. The van der Waals surface area contributed by atoms with E-state index in [0.29, 0.717) is 29.4 Å². The summed E-state index contributed by atoms with van der Waals surface area (Å²) in [5.74, 6) is 3.42. The van der Waals surface area contributed by atoms with Crippen LogP contribution in [-0.2, 0) is 7.05 Å². The van der Waals surface area contributed by atoms with Gasteiger partial charge in [0.05, 0.1) is 20.8 Å². The minimum absolute atomic E-state index is 0.464. The summed E-state index contributed by atoms with van der Waals surface area (Å²) in [5, 5.41) is 9.35. The lowest BCUT2D eigenvalue weighted by molar-refractivity contribution is 0.112. The van der Waals surface area contributed by atoms with E-state index in [4.69, 9.17) is 14.2 Å². The van der Waals surface area contributed by atoms with Crippen molar-refractivity contribution in [3.8, 4) is 28.6 Å². The van der Waals surface area contributed by atoms with Gasteiger partial charge in [-0.15, -0.1) is 10.2 Å². The SMILES string of the molecule is COc1ccc(-c2nnc(SCCOc3ccc(C=O)cc3OC)n2C)cc1. The van der Waals surface area contributed by atoms with Gasteiger partial charge in [-0.1, -0.05) is 11.8 Å². The lowest BCUT2D eigenvalue weighted by Crippen LogP contribution is -2.03. The average molecular weight is 399 g/mol. The van der Waals surface area contributed by atoms with Crippen LogP contribution in [0.5, 0.6) is 17.2 Å². The van der Waals surface area contributed by atoms with Gasteiger partial charge < -0.3 is 18.8 Å². The van der Waals surface area contributed by atoms with Crippen LogP contribution in [0, 0.1) is 0 Å². The van der Waals surface area contributed by atoms with Crippen LogP contribution in [-0.4, -0.2) is 47.6 Å². The number of hydrogen-bond donors (Lipinski definition) is 0. The molecule has 0 amide bonds. The Bertz CT molecular complexity index is 941. The van der Waals surface area contributed by atoms with Gasteiger partial charge >= 0.3 is 0 Å². The number of aromatic nitrogens is 3. The van der Waals surface area contributed by atoms with E-state index in [1.807, 2.05) is 35.9 Å². The summed E-state index contributed by atoms with van der Waals surface area (Å²) in [7, 11) is 5.12. The molecule has 0 saturated carbocycles. The van der Waals surface area contributed by atoms with E-state index in [2.05, 4.69) is 10.2 Å². The van der Waals surface area contributed by atoms with Crippen molar-refractivity contribution >= 4 is 18.0 Å². The fourth-order valence-corrected chi connectivity index (χ4v) is 3.32. The number of rotatable bonds is 9. The van der Waals surface area contributed by atoms with Crippen LogP contribution in [0.4, 0.5) is 0 Å². The van der Waals surface area contributed by atoms with E-state index >= 15 is 0 Å². The molecule has 146 valence electrons. The molecule has 0 radical (unpaired) electrons. The molecule has 1 aromatic heterocycles. The Balaban J connectivity index is 1.58. The number of aldehydes is 1. The summed E-state index contributed by atoms with van der Waals surface area (Å²) in [6.45, 7) is 0.464. The van der Waals surface area contributed by atoms with E-state index < -0.39 is 0 Å². The fourth-order valence-electron chi connectivity index (χ4n) is 2.59. The van der Waals surface area contributed by atoms with E-state index in [0.717, 1.165) is 28.6 Å². The highest BCUT2D eigenvalue weighted by Crippen LogP contribution is 2.28. The standard InChI is InChI=1S/C20H21N3O4S/c1-23-19(15-5-7-16(25-2)8-6-15)21-22-20(23)28-11-10-27-17-9-4-14(13-24)12-18(17)26-3/h4-9,12-13H,10-11H2,1-3H3. The molecule has 0 aliphatic carbocycles. The van der Waals surface area contributed by atoms with Gasteiger partial charge in [0, 0.05) is 23.9 Å². The van der Waals surface area contributed by atoms with Crippen LogP contribution >= 0.6 is 11.8 Å². The molecule has 0 bridgehead atoms. The second-order valence-corrected chi connectivity index (χ2v) is 6.88. The Morgan fingerprint density at radius 3 is 2.50 bits per heavy atom. The summed E-state index contributed by atoms with van der Waals surface area (Å²) in [6.07, 6.45) is 0.774. The molecule has 2 aromatic carbocycles. The zero-order chi connectivity index (χ0) is 19.9. The summed E-state index contributed by atoms with van der Waals surface area (Å²) in [5.41, 5.74) is 1.52. The third kappa shape index (κ3) is 4.45. The van der Waals surface area contributed by atoms with Gasteiger partial charge in [0.15, 0.2) is 22.5 Å². The zero-order valence-electron chi connectivity index (χ0n) is 15.9. The van der Waals surface area contributed by atoms with Gasteiger partial charge in [-0.25, -0.2) is 0 Å². The molecule has 0 atom stereocenters. The highest BCUT2D eigenvalue weighted by atomic mass is 32.2. The van der Waals surface area contributed by atoms with Gasteiger partial charge in [0.25, 0.3) is 0 Å². The predicted molar refractivity (Wildman–Crippen MR) is 108 cm³/mol. The van der Waals surface area contributed by atoms with Crippen molar-refractivity contribution in [3.63, 3.8) is 0 Å². The first-order chi connectivity index (χ1) is 13.7. The molecule has 3 aromatic rings. The Morgan fingerprint density at radius 1 is 1.04 bits per heavy atom. The van der Waals surface area contributed by atoms with Crippen LogP contribution in [0.2, 0.25) is 0 Å². The zero-order valence-corrected chi connectivity index (χ0v) is 16.7. The first-order valence-corrected chi connectivity index (χ1v) is 9.57. The Kier molecular flexibility index (Phi) is 6.54. The summed E-state index contributed by atoms with van der Waals surface area (Å²) < 4.78 is 18.2. The topological polar surface area (TPSA) is 75.5 Å². The number of ether oxygens (including phenoxy) is 3. The number of methoxy groups -OCH3 is 2. The lowest BCUT2D eigenvalue weighted by atomic mass is 10.2. The first kappa shape index (κ1) is 19.8. The molecule has 0 spiro atoms. The van der Waals surface area contributed by atoms with Gasteiger partial charge in [0.2, 0.25) is 0 Å². The smallest absolute Gasteiger partial charge is 0.191 e. The highest BCUT2D eigenvalue weighted by Gasteiger charge is 2.12. The number of hydrogen-bond acceptors (Lipinski definition) is 7. The second-order valence-electron chi connectivity index (χ2n) is 5.82. The number of thioether (sulfide) groups is 1. The van der Waals surface area contributed by atoms with E-state index in [1.165, 1.54) is 0 Å². The molecule has 3 rings (SSSR count). The normalized spacial score (nSPS) is 10.5. The molecule has 0 saturated heterocycles. The van der Waals surface area contributed by atoms with Crippen molar-refractivity contribution in [3.05, 3.63) is 48.0 Å². The van der Waals surface area contributed by atoms with Gasteiger partial charge in [-0.3, -0.25) is 4.79 Å². The van der Waals surface area contributed by atoms with E-state index in [1.54, 1.807) is 44.2 Å². The fraction of sp³-hybridized carbons (Fsp3) is 0.250. The maximum absolute atomic E-state index is 10.9. The molecule has 0 fully saturated rings. The maximum atomic E-state index is 10.9. The van der Waals surface area contributed by atoms with E-state index in [9.17, 15) is 4.79 Å². The molecule has 0 aliphatic rings. The van der Waals surface area contributed by atoms with Crippen molar-refractivity contribution in [2.24, 2.45) is 7.05 Å². The Labute approximate surface area is 167 Å². The first-order valence-electron chi connectivity index (χ1n) is 8.59. The van der Waals surface area contributed by atoms with Crippen molar-refractivity contribution < 1.29 is 19.0 Å². The number of nitrogens with zero attached hydrogens (tertiary/aromatic N) is 3. The summed E-state index contributed by atoms with van der Waals surface area (Å²) >= 11 is 1.55. The van der Waals surface area contributed by atoms with Crippen LogP contribution < -0.4 is 14.2 Å². The monoisotopic (exact) mass is 399 g/mol. The molecule has 0 aliphatic heterocycles. The second kappa shape index (κ2) is 9.27. The average Bonchev–Trinajstić information content (AvgIpc) is 3.11. The Hall–Kier alpha value is -3.00. The molecule has 28 heavy (non-hydrogen) atoms. The predicted octanol–water partition coefficient (Wildman–Crippen LogP) is 3.48. The van der Waals surface area contributed by atoms with Crippen molar-refractivity contribution in [1.82, 2.24) is 14.8 Å². The molecular formula is C20H21N3O4S. The van der Waals surface area contributed by atoms with Crippen LogP contribution in [0.1, 0.15) is 10.4 Å². The van der Waals surface area contributed by atoms with Crippen molar-refractivity contribution in [2.75, 3.05) is 26.6 Å². The minimum Gasteiger partial charge on any atom is -0.497 e. The maximum Gasteiger partial charge on any atom is 0.191 e. The number of carbonyl (C=O) groups excluding carboxylic acids is 1. The van der Waals surface area contributed by atoms with Crippen LogP contribution in [0.3, 0.4) is 0 Å². The minimum atomic E-state index is 0.464. The van der Waals surface area contributed by atoms with E-state index in [-0.39, 0.29) is 0 Å². The Morgan fingerprint density at radius 2 is 1.82 bits per heavy atom. The van der Waals surface area contributed by atoms with Gasteiger partial charge in [0.1, 0.15) is 12.0 Å². The quantitative estimate of drug-likeness (QED) is 0.310. The largest absolute Gasteiger partial charge is 0.497 e. The van der Waals surface area contributed by atoms with Gasteiger partial charge in [-0.05, 0) is 42.5 Å². The number of benzene rings is 2. The van der Waals surface area contributed by atoms with Crippen molar-refractivity contribution in [1.29, 1.82) is 0 Å². The third-order valence-corrected chi connectivity index (χ3v) is 5.06. The molecular weight excluding hydrogens is 378 g/mol. The summed E-state index contributed by atoms with van der Waals surface area (Å²) in [6, 6.07) is 12.8. The molecule has 7 nitrogen and oxygen atoms in total. The molecule has 0 N–H and O–H groups in total. The highest BCUT2D eigenvalue weighted by molar-refractivity contribution is 7.99. The van der Waals surface area contributed by atoms with Crippen LogP contribution in [0.15, 0.2) is 47.6 Å². The third-order valence-electron chi connectivity index (χ3n) is 4.08. The summed E-state index contributed by atoms with van der Waals surface area (Å²) in [4.78, 5) is 10.9. The molecule has 8 heteroatoms. The van der Waals surface area contributed by atoms with Gasteiger partial charge in [-0.2, -0.15) is 0 Å².